The molecule has 4 rings (SSSR count). The Hall–Kier alpha value is -2.02. The minimum absolute atomic E-state index is 0.440. The molecule has 1 aliphatic rings. The number of hydrogen-bond acceptors (Lipinski definition) is 6. The molecule has 0 aromatic carbocycles. The molecule has 0 radical (unpaired) electrons. The summed E-state index contributed by atoms with van der Waals surface area (Å²) in [5.74, 6) is 2.61. The molecule has 0 N–H and O–H groups in total. The van der Waals surface area contributed by atoms with Gasteiger partial charge >= 0.3 is 0 Å². The Kier molecular flexibility index (Phi) is 4.41. The van der Waals surface area contributed by atoms with Gasteiger partial charge in [-0.25, -0.2) is 19.6 Å². The molecule has 1 saturated heterocycles. The van der Waals surface area contributed by atoms with Crippen LogP contribution in [0, 0.1) is 12.8 Å². The lowest BCUT2D eigenvalue weighted by atomic mass is 10.0. The number of nitrogens with zero attached hydrogens (tertiary/aromatic N) is 6. The highest BCUT2D eigenvalue weighted by molar-refractivity contribution is 7.17. The number of fused-ring (bicyclic) bond motifs is 1. The van der Waals surface area contributed by atoms with Gasteiger partial charge in [-0.05, 0) is 43.0 Å². The van der Waals surface area contributed by atoms with Gasteiger partial charge in [0.05, 0.1) is 11.4 Å². The van der Waals surface area contributed by atoms with Crippen molar-refractivity contribution in [3.05, 3.63) is 29.4 Å². The van der Waals surface area contributed by atoms with Gasteiger partial charge in [-0.3, -0.25) is 0 Å². The molecular formula is C18H24N6S. The standard InChI is InChI=1S/C18H24N6S/c1-12(2)8-14-9-25-18-16(14)17(21-13(3)22-18)23-6-4-15(5-7-23)24-11-19-10-20-24/h9-12,15H,4-8H2,1-3H3. The minimum Gasteiger partial charge on any atom is -0.356 e. The van der Waals surface area contributed by atoms with Crippen molar-refractivity contribution in [1.82, 2.24) is 24.7 Å². The topological polar surface area (TPSA) is 59.7 Å². The zero-order valence-electron chi connectivity index (χ0n) is 15.0. The van der Waals surface area contributed by atoms with Crippen LogP contribution in [0.15, 0.2) is 18.0 Å². The zero-order valence-corrected chi connectivity index (χ0v) is 15.8. The van der Waals surface area contributed by atoms with Crippen LogP contribution in [-0.4, -0.2) is 37.8 Å². The highest BCUT2D eigenvalue weighted by atomic mass is 32.1. The normalized spacial score (nSPS) is 16.2. The average molecular weight is 356 g/mol. The predicted octanol–water partition coefficient (Wildman–Crippen LogP) is 3.63. The van der Waals surface area contributed by atoms with E-state index in [-0.39, 0.29) is 0 Å². The molecule has 7 heteroatoms. The maximum Gasteiger partial charge on any atom is 0.141 e. The van der Waals surface area contributed by atoms with Crippen molar-refractivity contribution in [2.75, 3.05) is 18.0 Å². The number of aromatic nitrogens is 5. The van der Waals surface area contributed by atoms with Crippen LogP contribution in [0.5, 0.6) is 0 Å². The number of hydrogen-bond donors (Lipinski definition) is 0. The summed E-state index contributed by atoms with van der Waals surface area (Å²) in [7, 11) is 0. The van der Waals surface area contributed by atoms with Gasteiger partial charge in [0.2, 0.25) is 0 Å². The second-order valence-corrected chi connectivity index (χ2v) is 8.09. The maximum atomic E-state index is 4.84. The van der Waals surface area contributed by atoms with E-state index in [1.54, 1.807) is 17.7 Å². The van der Waals surface area contributed by atoms with E-state index < -0.39 is 0 Å². The third-order valence-electron chi connectivity index (χ3n) is 4.81. The molecule has 1 fully saturated rings. The highest BCUT2D eigenvalue weighted by Crippen LogP contribution is 2.35. The average Bonchev–Trinajstić information content (AvgIpc) is 3.24. The van der Waals surface area contributed by atoms with E-state index in [0.717, 1.165) is 48.8 Å². The molecule has 0 unspecified atom stereocenters. The van der Waals surface area contributed by atoms with Gasteiger partial charge in [0, 0.05) is 13.1 Å². The molecule has 6 nitrogen and oxygen atoms in total. The van der Waals surface area contributed by atoms with E-state index in [9.17, 15) is 0 Å². The van der Waals surface area contributed by atoms with Crippen LogP contribution < -0.4 is 4.90 Å². The smallest absolute Gasteiger partial charge is 0.141 e. The number of piperidine rings is 1. The van der Waals surface area contributed by atoms with Crippen LogP contribution >= 0.6 is 11.3 Å². The summed E-state index contributed by atoms with van der Waals surface area (Å²) in [6.07, 6.45) is 6.66. The largest absolute Gasteiger partial charge is 0.356 e. The van der Waals surface area contributed by atoms with E-state index in [0.29, 0.717) is 12.0 Å². The van der Waals surface area contributed by atoms with E-state index in [2.05, 4.69) is 39.2 Å². The third-order valence-corrected chi connectivity index (χ3v) is 5.73. The lowest BCUT2D eigenvalue weighted by Gasteiger charge is -2.33. The summed E-state index contributed by atoms with van der Waals surface area (Å²) < 4.78 is 1.99. The van der Waals surface area contributed by atoms with Crippen molar-refractivity contribution in [1.29, 1.82) is 0 Å². The summed E-state index contributed by atoms with van der Waals surface area (Å²) in [5.41, 5.74) is 1.39. The van der Waals surface area contributed by atoms with Crippen LogP contribution in [0.3, 0.4) is 0 Å². The number of thiophene rings is 1. The molecule has 0 saturated carbocycles. The molecule has 0 bridgehead atoms. The Bertz CT molecular complexity index is 846. The predicted molar refractivity (Wildman–Crippen MR) is 101 cm³/mol. The molecule has 132 valence electrons. The van der Waals surface area contributed by atoms with Gasteiger partial charge in [-0.1, -0.05) is 13.8 Å². The quantitative estimate of drug-likeness (QED) is 0.714. The van der Waals surface area contributed by atoms with Gasteiger partial charge in [0.25, 0.3) is 0 Å². The highest BCUT2D eigenvalue weighted by Gasteiger charge is 2.25. The van der Waals surface area contributed by atoms with Gasteiger partial charge in [0.1, 0.15) is 29.1 Å². The van der Waals surface area contributed by atoms with Gasteiger partial charge in [-0.2, -0.15) is 5.10 Å². The number of rotatable bonds is 4. The molecular weight excluding hydrogens is 332 g/mol. The molecule has 1 aliphatic heterocycles. The van der Waals surface area contributed by atoms with Crippen LogP contribution in [0.1, 0.15) is 44.1 Å². The molecule has 25 heavy (non-hydrogen) atoms. The van der Waals surface area contributed by atoms with Crippen LogP contribution in [0.25, 0.3) is 10.2 Å². The minimum atomic E-state index is 0.440. The number of aryl methyl sites for hydroxylation is 1. The van der Waals surface area contributed by atoms with E-state index >= 15 is 0 Å². The second-order valence-electron chi connectivity index (χ2n) is 7.23. The molecule has 0 amide bonds. The first-order valence-electron chi connectivity index (χ1n) is 8.95. The van der Waals surface area contributed by atoms with Crippen molar-refractivity contribution in [3.63, 3.8) is 0 Å². The first-order valence-corrected chi connectivity index (χ1v) is 9.83. The fourth-order valence-electron chi connectivity index (χ4n) is 3.65. The second kappa shape index (κ2) is 6.71. The summed E-state index contributed by atoms with van der Waals surface area (Å²) >= 11 is 1.75. The Morgan fingerprint density at radius 3 is 2.72 bits per heavy atom. The first-order chi connectivity index (χ1) is 12.1. The summed E-state index contributed by atoms with van der Waals surface area (Å²) in [4.78, 5) is 17.1. The monoisotopic (exact) mass is 356 g/mol. The van der Waals surface area contributed by atoms with Crippen LogP contribution in [0.2, 0.25) is 0 Å². The summed E-state index contributed by atoms with van der Waals surface area (Å²) in [5, 5.41) is 7.84. The van der Waals surface area contributed by atoms with Crippen molar-refractivity contribution in [2.45, 2.75) is 46.1 Å². The van der Waals surface area contributed by atoms with Crippen molar-refractivity contribution >= 4 is 27.4 Å². The van der Waals surface area contributed by atoms with E-state index in [4.69, 9.17) is 4.98 Å². The Morgan fingerprint density at radius 2 is 2.04 bits per heavy atom. The Balaban J connectivity index is 1.63. The van der Waals surface area contributed by atoms with Gasteiger partial charge in [0.15, 0.2) is 0 Å². The zero-order chi connectivity index (χ0) is 17.4. The summed E-state index contributed by atoms with van der Waals surface area (Å²) in [6, 6.07) is 0.440. The van der Waals surface area contributed by atoms with Crippen molar-refractivity contribution in [2.24, 2.45) is 5.92 Å². The Morgan fingerprint density at radius 1 is 1.24 bits per heavy atom. The molecule has 3 aromatic heterocycles. The lowest BCUT2D eigenvalue weighted by Crippen LogP contribution is -2.35. The Labute approximate surface area is 151 Å². The maximum absolute atomic E-state index is 4.84. The van der Waals surface area contributed by atoms with Gasteiger partial charge in [-0.15, -0.1) is 11.3 Å². The van der Waals surface area contributed by atoms with Gasteiger partial charge < -0.3 is 4.90 Å². The van der Waals surface area contributed by atoms with Crippen molar-refractivity contribution in [3.8, 4) is 0 Å². The summed E-state index contributed by atoms with van der Waals surface area (Å²) in [6.45, 7) is 8.51. The molecule has 3 aromatic rings. The van der Waals surface area contributed by atoms with Crippen molar-refractivity contribution < 1.29 is 0 Å². The van der Waals surface area contributed by atoms with E-state index in [1.807, 2.05) is 17.9 Å². The van der Waals surface area contributed by atoms with E-state index in [1.165, 1.54) is 10.9 Å². The first kappa shape index (κ1) is 16.4. The molecule has 4 heterocycles. The molecule has 0 spiro atoms. The molecule has 0 aliphatic carbocycles. The fraction of sp³-hybridized carbons (Fsp3) is 0.556. The lowest BCUT2D eigenvalue weighted by molar-refractivity contribution is 0.365. The third kappa shape index (κ3) is 3.25. The molecule has 0 atom stereocenters. The SMILES string of the molecule is Cc1nc(N2CCC(n3cncn3)CC2)c2c(CC(C)C)csc2n1. The fourth-order valence-corrected chi connectivity index (χ4v) is 4.64. The van der Waals surface area contributed by atoms with Crippen LogP contribution in [0.4, 0.5) is 5.82 Å². The van der Waals surface area contributed by atoms with Crippen LogP contribution in [-0.2, 0) is 6.42 Å². The number of anilines is 1.